The number of carbonyl (C=O) groups excluding carboxylic acids is 2. The van der Waals surface area contributed by atoms with Gasteiger partial charge in [0.15, 0.2) is 0 Å². The molecule has 0 bridgehead atoms. The summed E-state index contributed by atoms with van der Waals surface area (Å²) in [4.78, 5) is 38.2. The van der Waals surface area contributed by atoms with Crippen LogP contribution in [-0.2, 0) is 19.7 Å². The Kier molecular flexibility index (Phi) is 6.88. The fourth-order valence-electron chi connectivity index (χ4n) is 4.00. The van der Waals surface area contributed by atoms with E-state index in [-0.39, 0.29) is 5.41 Å². The molecule has 2 N–H and O–H groups in total. The minimum absolute atomic E-state index is 0.00165. The second-order valence-corrected chi connectivity index (χ2v) is 10.3. The normalized spacial score (nSPS) is 18.3. The molecule has 7 heteroatoms. The highest BCUT2D eigenvalue weighted by Crippen LogP contribution is 2.41. The molecule has 6 nitrogen and oxygen atoms in total. The Morgan fingerprint density at radius 2 is 1.66 bits per heavy atom. The smallest absolute Gasteiger partial charge is 0.341 e. The van der Waals surface area contributed by atoms with Gasteiger partial charge >= 0.3 is 11.9 Å². The molecule has 0 saturated heterocycles. The molecule has 1 aliphatic rings. The zero-order valence-electron chi connectivity index (χ0n) is 19.0. The van der Waals surface area contributed by atoms with Gasteiger partial charge in [-0.1, -0.05) is 57.2 Å². The molecule has 2 atom stereocenters. The van der Waals surface area contributed by atoms with Crippen LogP contribution in [0.25, 0.3) is 11.1 Å². The first-order chi connectivity index (χ1) is 15.0. The number of aryl methyl sites for hydroxylation is 1. The number of esters is 1. The predicted octanol–water partition coefficient (Wildman–Crippen LogP) is 5.41. The Hall–Kier alpha value is -2.93. The predicted molar refractivity (Wildman–Crippen MR) is 126 cm³/mol. The quantitative estimate of drug-likeness (QED) is 0.464. The number of anilines is 1. The van der Waals surface area contributed by atoms with Crippen LogP contribution in [0.3, 0.4) is 0 Å². The van der Waals surface area contributed by atoms with Crippen molar-refractivity contribution in [3.05, 3.63) is 52.4 Å². The van der Waals surface area contributed by atoms with Crippen LogP contribution < -0.4 is 5.32 Å². The van der Waals surface area contributed by atoms with Crippen LogP contribution in [-0.4, -0.2) is 30.1 Å². The van der Waals surface area contributed by atoms with Gasteiger partial charge < -0.3 is 15.2 Å². The molecule has 170 valence electrons. The van der Waals surface area contributed by atoms with E-state index in [4.69, 9.17) is 4.74 Å². The lowest BCUT2D eigenvalue weighted by Crippen LogP contribution is -2.34. The Morgan fingerprint density at radius 3 is 2.19 bits per heavy atom. The third-order valence-electron chi connectivity index (χ3n) is 5.84. The van der Waals surface area contributed by atoms with E-state index in [1.54, 1.807) is 6.08 Å². The Labute approximate surface area is 192 Å². The molecule has 0 radical (unpaired) electrons. The molecule has 0 aliphatic heterocycles. The number of nitrogens with one attached hydrogen (secondary N) is 1. The molecule has 0 spiro atoms. The van der Waals surface area contributed by atoms with Crippen molar-refractivity contribution in [3.8, 4) is 11.1 Å². The van der Waals surface area contributed by atoms with E-state index in [1.807, 2.05) is 37.3 Å². The van der Waals surface area contributed by atoms with Crippen molar-refractivity contribution >= 4 is 34.2 Å². The summed E-state index contributed by atoms with van der Waals surface area (Å²) >= 11 is 1.29. The number of allylic oxidation sites excluding steroid dienone is 2. The average molecular weight is 456 g/mol. The molecular formula is C25H29NO5S. The summed E-state index contributed by atoms with van der Waals surface area (Å²) < 4.78 is 5.03. The van der Waals surface area contributed by atoms with Crippen molar-refractivity contribution in [2.24, 2.45) is 11.8 Å². The number of benzene rings is 1. The molecule has 3 rings (SSSR count). The summed E-state index contributed by atoms with van der Waals surface area (Å²) in [6.07, 6.45) is 4.28. The molecule has 0 fully saturated rings. The van der Waals surface area contributed by atoms with E-state index in [0.29, 0.717) is 23.4 Å². The molecule has 0 saturated carbocycles. The molecule has 1 aromatic heterocycles. The van der Waals surface area contributed by atoms with E-state index >= 15 is 0 Å². The van der Waals surface area contributed by atoms with E-state index in [1.165, 1.54) is 24.0 Å². The number of carbonyl (C=O) groups is 3. The third-order valence-corrected chi connectivity index (χ3v) is 6.86. The topological polar surface area (TPSA) is 92.7 Å². The Bertz CT molecular complexity index is 1060. The van der Waals surface area contributed by atoms with Gasteiger partial charge in [0, 0.05) is 10.4 Å². The summed E-state index contributed by atoms with van der Waals surface area (Å²) in [6, 6.07) is 8.02. The molecule has 1 aliphatic carbocycles. The molecular weight excluding hydrogens is 426 g/mol. The van der Waals surface area contributed by atoms with Gasteiger partial charge in [0.2, 0.25) is 5.91 Å². The van der Waals surface area contributed by atoms with Crippen molar-refractivity contribution in [1.29, 1.82) is 0 Å². The van der Waals surface area contributed by atoms with Crippen LogP contribution in [0.4, 0.5) is 5.00 Å². The van der Waals surface area contributed by atoms with Gasteiger partial charge in [-0.05, 0) is 36.3 Å². The van der Waals surface area contributed by atoms with E-state index in [9.17, 15) is 19.5 Å². The van der Waals surface area contributed by atoms with Crippen molar-refractivity contribution in [2.75, 3.05) is 12.4 Å². The second-order valence-electron chi connectivity index (χ2n) is 9.04. The Balaban J connectivity index is 1.99. The summed E-state index contributed by atoms with van der Waals surface area (Å²) in [5.41, 5.74) is 3.05. The van der Waals surface area contributed by atoms with Gasteiger partial charge in [-0.3, -0.25) is 9.59 Å². The van der Waals surface area contributed by atoms with E-state index in [0.717, 1.165) is 16.0 Å². The number of carboxylic acids is 1. The molecule has 1 amide bonds. The maximum Gasteiger partial charge on any atom is 0.341 e. The summed E-state index contributed by atoms with van der Waals surface area (Å²) in [7, 11) is 1.31. The maximum absolute atomic E-state index is 13.0. The number of rotatable bonds is 5. The van der Waals surface area contributed by atoms with Crippen molar-refractivity contribution in [1.82, 2.24) is 0 Å². The van der Waals surface area contributed by atoms with Crippen molar-refractivity contribution in [3.63, 3.8) is 0 Å². The fraction of sp³-hybridized carbons (Fsp3) is 0.400. The molecule has 32 heavy (non-hydrogen) atoms. The van der Waals surface area contributed by atoms with Crippen molar-refractivity contribution < 1.29 is 24.2 Å². The van der Waals surface area contributed by atoms with Crippen LogP contribution in [0.5, 0.6) is 0 Å². The van der Waals surface area contributed by atoms with Crippen molar-refractivity contribution in [2.45, 2.75) is 46.0 Å². The van der Waals surface area contributed by atoms with E-state index < -0.39 is 29.7 Å². The molecule has 0 unspecified atom stereocenters. The highest BCUT2D eigenvalue weighted by molar-refractivity contribution is 7.17. The van der Waals surface area contributed by atoms with Gasteiger partial charge in [0.1, 0.15) is 10.6 Å². The Morgan fingerprint density at radius 1 is 1.06 bits per heavy atom. The lowest BCUT2D eigenvalue weighted by Gasteiger charge is -2.24. The standard InChI is InChI=1S/C25H29NO5S/c1-14-19(15-10-12-16(13-11-15)25(2,3)4)20(24(30)31-5)22(32-14)26-21(27)17-8-6-7-9-18(17)23(28)29/h6-7,10-13,17-18H,8-9H2,1-5H3,(H,26,27)(H,28,29)/t17-,18-/m0/s1. The molecule has 1 aromatic carbocycles. The number of methoxy groups -OCH3 is 1. The number of aliphatic carboxylic acids is 1. The second kappa shape index (κ2) is 9.28. The fourth-order valence-corrected chi connectivity index (χ4v) is 5.06. The van der Waals surface area contributed by atoms with Crippen LogP contribution in [0.1, 0.15) is 54.4 Å². The number of hydrogen-bond acceptors (Lipinski definition) is 5. The van der Waals surface area contributed by atoms with Gasteiger partial charge in [0.05, 0.1) is 18.9 Å². The van der Waals surface area contributed by atoms with Crippen LogP contribution in [0.15, 0.2) is 36.4 Å². The first kappa shape index (κ1) is 23.7. The lowest BCUT2D eigenvalue weighted by atomic mass is 9.82. The van der Waals surface area contributed by atoms with Gasteiger partial charge in [-0.25, -0.2) is 4.79 Å². The van der Waals surface area contributed by atoms with Gasteiger partial charge in [-0.15, -0.1) is 11.3 Å². The van der Waals surface area contributed by atoms with Crippen LogP contribution in [0.2, 0.25) is 0 Å². The van der Waals surface area contributed by atoms with Crippen LogP contribution >= 0.6 is 11.3 Å². The SMILES string of the molecule is COC(=O)c1c(NC(=O)[C@H]2CC=CC[C@@H]2C(=O)O)sc(C)c1-c1ccc(C(C)(C)C)cc1. The summed E-state index contributed by atoms with van der Waals surface area (Å²) in [5, 5.41) is 12.7. The highest BCUT2D eigenvalue weighted by atomic mass is 32.1. The van der Waals surface area contributed by atoms with Gasteiger partial charge in [0.25, 0.3) is 0 Å². The average Bonchev–Trinajstić information content (AvgIpc) is 3.08. The monoisotopic (exact) mass is 455 g/mol. The largest absolute Gasteiger partial charge is 0.481 e. The molecule has 1 heterocycles. The number of carboxylic acid groups (broad SMARTS) is 1. The number of ether oxygens (including phenoxy) is 1. The molecule has 2 aromatic rings. The zero-order valence-corrected chi connectivity index (χ0v) is 19.8. The van der Waals surface area contributed by atoms with E-state index in [2.05, 4.69) is 26.1 Å². The third kappa shape index (κ3) is 4.78. The van der Waals surface area contributed by atoms with Crippen LogP contribution in [0, 0.1) is 18.8 Å². The zero-order chi connectivity index (χ0) is 23.6. The summed E-state index contributed by atoms with van der Waals surface area (Å²) in [6.45, 7) is 8.30. The highest BCUT2D eigenvalue weighted by Gasteiger charge is 2.35. The number of hydrogen-bond donors (Lipinski definition) is 2. The minimum Gasteiger partial charge on any atom is -0.481 e. The van der Waals surface area contributed by atoms with Gasteiger partial charge in [-0.2, -0.15) is 0 Å². The minimum atomic E-state index is -0.996. The lowest BCUT2D eigenvalue weighted by molar-refractivity contribution is -0.146. The number of amides is 1. The first-order valence-electron chi connectivity index (χ1n) is 10.6. The summed E-state index contributed by atoms with van der Waals surface area (Å²) in [5.74, 6) is -3.42. The number of thiophene rings is 1. The maximum atomic E-state index is 13.0. The first-order valence-corrected chi connectivity index (χ1v) is 11.4.